The molecule has 0 atom stereocenters. The quantitative estimate of drug-likeness (QED) is 0.521. The fraction of sp³-hybridized carbons (Fsp3) is 1.00. The Balaban J connectivity index is 1.99. The highest BCUT2D eigenvalue weighted by Crippen LogP contribution is 2.43. The molecule has 0 unspecified atom stereocenters. The van der Waals surface area contributed by atoms with Crippen molar-refractivity contribution in [3.8, 4) is 0 Å². The molecular formula is C16H32O2Si. The second-order valence-electron chi connectivity index (χ2n) is 6.62. The van der Waals surface area contributed by atoms with Gasteiger partial charge in [0.15, 0.2) is 0 Å². The molecule has 0 aromatic heterocycles. The van der Waals surface area contributed by atoms with E-state index in [4.69, 9.17) is 8.85 Å². The molecule has 0 amide bonds. The minimum absolute atomic E-state index is 0.750. The molecule has 2 rings (SSSR count). The average Bonchev–Trinajstić information content (AvgIpc) is 2.74. The summed E-state index contributed by atoms with van der Waals surface area (Å²) in [7, 11) is 1.88. The zero-order chi connectivity index (χ0) is 13.6. The summed E-state index contributed by atoms with van der Waals surface area (Å²) in [6, 6.07) is 1.25. The van der Waals surface area contributed by atoms with E-state index in [-0.39, 0.29) is 0 Å². The normalized spacial score (nSPS) is 24.3. The van der Waals surface area contributed by atoms with E-state index in [1.807, 2.05) is 14.2 Å². The van der Waals surface area contributed by atoms with Crippen molar-refractivity contribution in [1.29, 1.82) is 0 Å². The molecule has 0 saturated heterocycles. The minimum atomic E-state index is -1.95. The van der Waals surface area contributed by atoms with Gasteiger partial charge >= 0.3 is 8.56 Å². The third kappa shape index (κ3) is 4.05. The molecule has 0 N–H and O–H groups in total. The fourth-order valence-electron chi connectivity index (χ4n) is 4.26. The van der Waals surface area contributed by atoms with Crippen molar-refractivity contribution in [2.45, 2.75) is 82.2 Å². The van der Waals surface area contributed by atoms with Gasteiger partial charge in [0.2, 0.25) is 0 Å². The van der Waals surface area contributed by atoms with Crippen molar-refractivity contribution in [1.82, 2.24) is 0 Å². The standard InChI is InChI=1S/C16H32O2Si/c1-17-19(18-2,16-12-8-5-9-13-16)14-15-10-6-3-4-7-11-15/h15-16H,3-14H2,1-2H3. The number of hydrogen-bond acceptors (Lipinski definition) is 2. The Morgan fingerprint density at radius 1 is 0.737 bits per heavy atom. The van der Waals surface area contributed by atoms with Gasteiger partial charge in [0, 0.05) is 19.8 Å². The molecule has 2 fully saturated rings. The SMILES string of the molecule is CO[Si](CC1CCCCCC1)(OC)C1CCCCC1. The maximum atomic E-state index is 6.09. The van der Waals surface area contributed by atoms with E-state index in [9.17, 15) is 0 Å². The first-order valence-electron chi connectivity index (χ1n) is 8.41. The van der Waals surface area contributed by atoms with Gasteiger partial charge < -0.3 is 8.85 Å². The van der Waals surface area contributed by atoms with Gasteiger partial charge in [0.1, 0.15) is 0 Å². The Hall–Kier alpha value is 0.137. The van der Waals surface area contributed by atoms with E-state index >= 15 is 0 Å². The monoisotopic (exact) mass is 284 g/mol. The van der Waals surface area contributed by atoms with Crippen LogP contribution >= 0.6 is 0 Å². The summed E-state index contributed by atoms with van der Waals surface area (Å²) in [5.41, 5.74) is 0.750. The third-order valence-corrected chi connectivity index (χ3v) is 9.82. The highest BCUT2D eigenvalue weighted by molar-refractivity contribution is 6.69. The summed E-state index contributed by atoms with van der Waals surface area (Å²) in [6.07, 6.45) is 15.4. The lowest BCUT2D eigenvalue weighted by molar-refractivity contribution is 0.207. The highest BCUT2D eigenvalue weighted by Gasteiger charge is 2.46. The van der Waals surface area contributed by atoms with Crippen molar-refractivity contribution >= 4 is 8.56 Å². The minimum Gasteiger partial charge on any atom is -0.397 e. The van der Waals surface area contributed by atoms with E-state index < -0.39 is 8.56 Å². The predicted molar refractivity (Wildman–Crippen MR) is 82.6 cm³/mol. The van der Waals surface area contributed by atoms with Crippen LogP contribution in [0, 0.1) is 5.92 Å². The molecular weight excluding hydrogens is 252 g/mol. The van der Waals surface area contributed by atoms with Gasteiger partial charge in [0.05, 0.1) is 0 Å². The fourth-order valence-corrected chi connectivity index (χ4v) is 8.26. The molecule has 0 bridgehead atoms. The second kappa shape index (κ2) is 7.80. The van der Waals surface area contributed by atoms with Crippen molar-refractivity contribution in [2.75, 3.05) is 14.2 Å². The third-order valence-electron chi connectivity index (χ3n) is 5.47. The van der Waals surface area contributed by atoms with Gasteiger partial charge in [0.25, 0.3) is 0 Å². The highest BCUT2D eigenvalue weighted by atomic mass is 28.4. The van der Waals surface area contributed by atoms with Crippen LogP contribution in [0.15, 0.2) is 0 Å². The van der Waals surface area contributed by atoms with Gasteiger partial charge in [-0.2, -0.15) is 0 Å². The molecule has 0 radical (unpaired) electrons. The molecule has 0 aromatic rings. The van der Waals surface area contributed by atoms with Crippen LogP contribution in [0.25, 0.3) is 0 Å². The Morgan fingerprint density at radius 2 is 1.21 bits per heavy atom. The zero-order valence-corrected chi connectivity index (χ0v) is 14.0. The van der Waals surface area contributed by atoms with Crippen LogP contribution in [0.5, 0.6) is 0 Å². The largest absolute Gasteiger partial charge is 0.397 e. The summed E-state index contributed by atoms with van der Waals surface area (Å²) in [5, 5.41) is 0. The van der Waals surface area contributed by atoms with Crippen molar-refractivity contribution in [3.63, 3.8) is 0 Å². The Kier molecular flexibility index (Phi) is 6.37. The molecule has 112 valence electrons. The van der Waals surface area contributed by atoms with Crippen LogP contribution < -0.4 is 0 Å². The number of rotatable bonds is 5. The van der Waals surface area contributed by atoms with Gasteiger partial charge in [-0.1, -0.05) is 57.8 Å². The Bertz CT molecular complexity index is 239. The molecule has 19 heavy (non-hydrogen) atoms. The lowest BCUT2D eigenvalue weighted by Crippen LogP contribution is -2.47. The maximum Gasteiger partial charge on any atom is 0.341 e. The lowest BCUT2D eigenvalue weighted by Gasteiger charge is -2.39. The Labute approximate surface area is 120 Å². The van der Waals surface area contributed by atoms with Crippen LogP contribution in [0.2, 0.25) is 11.6 Å². The van der Waals surface area contributed by atoms with Gasteiger partial charge in [-0.15, -0.1) is 0 Å². The summed E-state index contributed by atoms with van der Waals surface area (Å²) in [4.78, 5) is 0. The average molecular weight is 285 g/mol. The summed E-state index contributed by atoms with van der Waals surface area (Å²) in [6.45, 7) is 0. The van der Waals surface area contributed by atoms with Gasteiger partial charge in [-0.05, 0) is 24.8 Å². The molecule has 2 nitrogen and oxygen atoms in total. The van der Waals surface area contributed by atoms with Crippen LogP contribution in [-0.2, 0) is 8.85 Å². The first kappa shape index (κ1) is 15.5. The molecule has 3 heteroatoms. The maximum absolute atomic E-state index is 6.09. The smallest absolute Gasteiger partial charge is 0.341 e. The van der Waals surface area contributed by atoms with E-state index in [2.05, 4.69) is 0 Å². The topological polar surface area (TPSA) is 18.5 Å². The Morgan fingerprint density at radius 3 is 1.74 bits per heavy atom. The molecule has 2 aliphatic rings. The van der Waals surface area contributed by atoms with Crippen molar-refractivity contribution < 1.29 is 8.85 Å². The first-order valence-corrected chi connectivity index (χ1v) is 10.5. The van der Waals surface area contributed by atoms with E-state index in [0.29, 0.717) is 0 Å². The predicted octanol–water partition coefficient (Wildman–Crippen LogP) is 5.03. The van der Waals surface area contributed by atoms with Crippen LogP contribution in [0.1, 0.15) is 70.6 Å². The number of hydrogen-bond donors (Lipinski definition) is 0. The van der Waals surface area contributed by atoms with Gasteiger partial charge in [-0.25, -0.2) is 0 Å². The lowest BCUT2D eigenvalue weighted by atomic mass is 10.0. The molecule has 0 aliphatic heterocycles. The van der Waals surface area contributed by atoms with E-state index in [1.165, 1.54) is 76.7 Å². The summed E-state index contributed by atoms with van der Waals surface area (Å²) in [5.74, 6) is 0.871. The second-order valence-corrected chi connectivity index (χ2v) is 10.3. The molecule has 2 saturated carbocycles. The van der Waals surface area contributed by atoms with E-state index in [1.54, 1.807) is 0 Å². The molecule has 2 aliphatic carbocycles. The van der Waals surface area contributed by atoms with Crippen LogP contribution in [-0.4, -0.2) is 22.8 Å². The van der Waals surface area contributed by atoms with Crippen molar-refractivity contribution in [2.24, 2.45) is 5.92 Å². The zero-order valence-electron chi connectivity index (χ0n) is 13.0. The van der Waals surface area contributed by atoms with Crippen LogP contribution in [0.3, 0.4) is 0 Å². The van der Waals surface area contributed by atoms with E-state index in [0.717, 1.165) is 11.5 Å². The molecule has 0 spiro atoms. The van der Waals surface area contributed by atoms with Crippen LogP contribution in [0.4, 0.5) is 0 Å². The summed E-state index contributed by atoms with van der Waals surface area (Å²) >= 11 is 0. The molecule has 0 heterocycles. The van der Waals surface area contributed by atoms with Crippen molar-refractivity contribution in [3.05, 3.63) is 0 Å². The first-order chi connectivity index (χ1) is 9.30. The van der Waals surface area contributed by atoms with Gasteiger partial charge in [-0.3, -0.25) is 0 Å². The molecule has 0 aromatic carbocycles. The summed E-state index contributed by atoms with van der Waals surface area (Å²) < 4.78 is 12.2.